The van der Waals surface area contributed by atoms with Gasteiger partial charge in [0.25, 0.3) is 5.91 Å². The lowest BCUT2D eigenvalue weighted by Gasteiger charge is -2.17. The fourth-order valence-corrected chi connectivity index (χ4v) is 2.35. The lowest BCUT2D eigenvalue weighted by atomic mass is 10.1. The summed E-state index contributed by atoms with van der Waals surface area (Å²) in [7, 11) is 0. The summed E-state index contributed by atoms with van der Waals surface area (Å²) in [6.07, 6.45) is 0.830. The van der Waals surface area contributed by atoms with E-state index in [9.17, 15) is 4.79 Å². The van der Waals surface area contributed by atoms with E-state index < -0.39 is 6.10 Å². The fraction of sp³-hybridized carbons (Fsp3) is 0.278. The molecule has 0 bridgehead atoms. The van der Waals surface area contributed by atoms with Crippen molar-refractivity contribution in [1.29, 1.82) is 0 Å². The van der Waals surface area contributed by atoms with Crippen LogP contribution >= 0.6 is 23.2 Å². The highest BCUT2D eigenvalue weighted by Gasteiger charge is 2.17. The lowest BCUT2D eigenvalue weighted by molar-refractivity contribution is -0.128. The molecule has 2 rings (SSSR count). The van der Waals surface area contributed by atoms with Gasteiger partial charge in [-0.25, -0.2) is 0 Å². The Morgan fingerprint density at radius 1 is 1.04 bits per heavy atom. The molecule has 0 saturated heterocycles. The Morgan fingerprint density at radius 2 is 1.61 bits per heavy atom. The number of ether oxygens (including phenoxy) is 1. The Kier molecular flexibility index (Phi) is 6.75. The first kappa shape index (κ1) is 17.6. The van der Waals surface area contributed by atoms with Crippen LogP contribution in [-0.4, -0.2) is 18.6 Å². The SMILES string of the molecule is CC[C@H](Oc1ccc(Cl)cc1)C(=O)NCCc1ccc(Cl)cc1. The predicted octanol–water partition coefficient (Wildman–Crippen LogP) is 4.51. The van der Waals surface area contributed by atoms with E-state index in [1.165, 1.54) is 0 Å². The normalized spacial score (nSPS) is 11.8. The highest BCUT2D eigenvalue weighted by atomic mass is 35.5. The highest BCUT2D eigenvalue weighted by Crippen LogP contribution is 2.17. The number of halogens is 2. The van der Waals surface area contributed by atoms with E-state index in [0.29, 0.717) is 28.8 Å². The van der Waals surface area contributed by atoms with Crippen LogP contribution < -0.4 is 10.1 Å². The standard InChI is InChI=1S/C18H19Cl2NO2/c1-2-17(23-16-9-7-15(20)8-10-16)18(22)21-12-11-13-3-5-14(19)6-4-13/h3-10,17H,2,11-12H2,1H3,(H,21,22)/t17-/m0/s1. The third-order valence-corrected chi connectivity index (χ3v) is 3.89. The Morgan fingerprint density at radius 3 is 2.17 bits per heavy atom. The molecule has 0 aliphatic heterocycles. The first-order valence-corrected chi connectivity index (χ1v) is 8.28. The molecule has 0 aliphatic rings. The molecule has 1 atom stereocenters. The Labute approximate surface area is 146 Å². The lowest BCUT2D eigenvalue weighted by Crippen LogP contribution is -2.38. The van der Waals surface area contributed by atoms with Crippen molar-refractivity contribution >= 4 is 29.1 Å². The quantitative estimate of drug-likeness (QED) is 0.796. The van der Waals surface area contributed by atoms with E-state index in [2.05, 4.69) is 5.32 Å². The number of carbonyl (C=O) groups is 1. The van der Waals surface area contributed by atoms with Crippen molar-refractivity contribution in [2.24, 2.45) is 0 Å². The topological polar surface area (TPSA) is 38.3 Å². The van der Waals surface area contributed by atoms with Crippen LogP contribution in [0.2, 0.25) is 10.0 Å². The van der Waals surface area contributed by atoms with Gasteiger partial charge in [0.2, 0.25) is 0 Å². The van der Waals surface area contributed by atoms with Crippen LogP contribution in [0.3, 0.4) is 0 Å². The van der Waals surface area contributed by atoms with E-state index in [-0.39, 0.29) is 5.91 Å². The number of amides is 1. The second kappa shape index (κ2) is 8.80. The van der Waals surface area contributed by atoms with Gasteiger partial charge in [0, 0.05) is 16.6 Å². The number of hydrogen-bond acceptors (Lipinski definition) is 2. The summed E-state index contributed by atoms with van der Waals surface area (Å²) in [5.41, 5.74) is 1.13. The van der Waals surface area contributed by atoms with E-state index in [4.69, 9.17) is 27.9 Å². The Hall–Kier alpha value is -1.71. The van der Waals surface area contributed by atoms with Gasteiger partial charge in [-0.05, 0) is 54.8 Å². The van der Waals surface area contributed by atoms with Gasteiger partial charge in [0.05, 0.1) is 0 Å². The second-order valence-corrected chi connectivity index (χ2v) is 6.01. The molecular formula is C18H19Cl2NO2. The molecule has 23 heavy (non-hydrogen) atoms. The maximum absolute atomic E-state index is 12.2. The molecule has 1 amide bonds. The minimum Gasteiger partial charge on any atom is -0.481 e. The van der Waals surface area contributed by atoms with E-state index in [0.717, 1.165) is 12.0 Å². The van der Waals surface area contributed by atoms with Crippen LogP contribution in [0, 0.1) is 0 Å². The first-order valence-electron chi connectivity index (χ1n) is 7.53. The molecular weight excluding hydrogens is 333 g/mol. The molecule has 2 aromatic carbocycles. The van der Waals surface area contributed by atoms with Gasteiger partial charge in [-0.2, -0.15) is 0 Å². The predicted molar refractivity (Wildman–Crippen MR) is 94.3 cm³/mol. The summed E-state index contributed by atoms with van der Waals surface area (Å²) < 4.78 is 5.71. The Balaban J connectivity index is 1.82. The highest BCUT2D eigenvalue weighted by molar-refractivity contribution is 6.30. The van der Waals surface area contributed by atoms with Crippen molar-refractivity contribution in [2.45, 2.75) is 25.9 Å². The number of nitrogens with one attached hydrogen (secondary N) is 1. The molecule has 1 N–H and O–H groups in total. The molecule has 0 unspecified atom stereocenters. The van der Waals surface area contributed by atoms with Crippen LogP contribution in [0.1, 0.15) is 18.9 Å². The molecule has 122 valence electrons. The summed E-state index contributed by atoms with van der Waals surface area (Å²) in [5.74, 6) is 0.519. The van der Waals surface area contributed by atoms with Crippen molar-refractivity contribution < 1.29 is 9.53 Å². The van der Waals surface area contributed by atoms with Crippen LogP contribution in [-0.2, 0) is 11.2 Å². The van der Waals surface area contributed by atoms with Gasteiger partial charge in [-0.3, -0.25) is 4.79 Å². The van der Waals surface area contributed by atoms with Crippen LogP contribution in [0.4, 0.5) is 0 Å². The summed E-state index contributed by atoms with van der Waals surface area (Å²) in [4.78, 5) is 12.2. The molecule has 0 aliphatic carbocycles. The third-order valence-electron chi connectivity index (χ3n) is 3.38. The van der Waals surface area contributed by atoms with Crippen molar-refractivity contribution in [3.8, 4) is 5.75 Å². The number of benzene rings is 2. The molecule has 3 nitrogen and oxygen atoms in total. The first-order chi connectivity index (χ1) is 11.1. The number of hydrogen-bond donors (Lipinski definition) is 1. The summed E-state index contributed by atoms with van der Waals surface area (Å²) in [6, 6.07) is 14.6. The Bertz CT molecular complexity index is 626. The molecule has 0 spiro atoms. The molecule has 0 aromatic heterocycles. The van der Waals surface area contributed by atoms with Gasteiger partial charge in [-0.1, -0.05) is 42.3 Å². The molecule has 5 heteroatoms. The average Bonchev–Trinajstić information content (AvgIpc) is 2.56. The molecule has 0 heterocycles. The maximum Gasteiger partial charge on any atom is 0.261 e. The zero-order valence-corrected chi connectivity index (χ0v) is 14.4. The third kappa shape index (κ3) is 5.77. The molecule has 0 fully saturated rings. The van der Waals surface area contributed by atoms with E-state index >= 15 is 0 Å². The summed E-state index contributed by atoms with van der Waals surface area (Å²) in [6.45, 7) is 2.47. The zero-order valence-electron chi connectivity index (χ0n) is 12.9. The average molecular weight is 352 g/mol. The van der Waals surface area contributed by atoms with E-state index in [1.54, 1.807) is 24.3 Å². The van der Waals surface area contributed by atoms with Crippen LogP contribution in [0.15, 0.2) is 48.5 Å². The van der Waals surface area contributed by atoms with Gasteiger partial charge >= 0.3 is 0 Å². The summed E-state index contributed by atoms with van der Waals surface area (Å²) >= 11 is 11.7. The van der Waals surface area contributed by atoms with Crippen molar-refractivity contribution in [1.82, 2.24) is 5.32 Å². The monoisotopic (exact) mass is 351 g/mol. The smallest absolute Gasteiger partial charge is 0.261 e. The molecule has 0 radical (unpaired) electrons. The van der Waals surface area contributed by atoms with Crippen molar-refractivity contribution in [3.63, 3.8) is 0 Å². The fourth-order valence-electron chi connectivity index (χ4n) is 2.09. The van der Waals surface area contributed by atoms with Crippen LogP contribution in [0.25, 0.3) is 0 Å². The largest absolute Gasteiger partial charge is 0.481 e. The zero-order chi connectivity index (χ0) is 16.7. The van der Waals surface area contributed by atoms with Gasteiger partial charge in [0.15, 0.2) is 6.10 Å². The van der Waals surface area contributed by atoms with Crippen LogP contribution in [0.5, 0.6) is 5.75 Å². The molecule has 2 aromatic rings. The van der Waals surface area contributed by atoms with Gasteiger partial charge < -0.3 is 10.1 Å². The minimum atomic E-state index is -0.513. The number of rotatable bonds is 7. The van der Waals surface area contributed by atoms with Crippen molar-refractivity contribution in [3.05, 3.63) is 64.1 Å². The maximum atomic E-state index is 12.2. The van der Waals surface area contributed by atoms with Gasteiger partial charge in [0.1, 0.15) is 5.75 Å². The minimum absolute atomic E-state index is 0.114. The summed E-state index contributed by atoms with van der Waals surface area (Å²) in [5, 5.41) is 4.25. The second-order valence-electron chi connectivity index (χ2n) is 5.14. The van der Waals surface area contributed by atoms with Crippen molar-refractivity contribution in [2.75, 3.05) is 6.54 Å². The van der Waals surface area contributed by atoms with Gasteiger partial charge in [-0.15, -0.1) is 0 Å². The van der Waals surface area contributed by atoms with E-state index in [1.807, 2.05) is 31.2 Å². The number of carbonyl (C=O) groups excluding carboxylic acids is 1. The molecule has 0 saturated carbocycles.